The van der Waals surface area contributed by atoms with E-state index >= 15 is 0 Å². The number of ether oxygens (including phenoxy) is 1. The summed E-state index contributed by atoms with van der Waals surface area (Å²) in [5.74, 6) is -0.832. The molecule has 0 bridgehead atoms. The molecule has 1 amide bonds. The first kappa shape index (κ1) is 24.8. The van der Waals surface area contributed by atoms with E-state index in [9.17, 15) is 22.0 Å². The Morgan fingerprint density at radius 2 is 2.08 bits per heavy atom. The van der Waals surface area contributed by atoms with Crippen molar-refractivity contribution in [3.63, 3.8) is 0 Å². The Morgan fingerprint density at radius 3 is 2.81 bits per heavy atom. The van der Waals surface area contributed by atoms with Crippen LogP contribution in [0.1, 0.15) is 16.8 Å². The second kappa shape index (κ2) is 9.52. The van der Waals surface area contributed by atoms with Crippen molar-refractivity contribution in [3.8, 4) is 17.0 Å². The number of rotatable bonds is 7. The zero-order valence-electron chi connectivity index (χ0n) is 19.9. The van der Waals surface area contributed by atoms with Crippen molar-refractivity contribution >= 4 is 27.1 Å². The van der Waals surface area contributed by atoms with E-state index in [0.717, 1.165) is 0 Å². The van der Waals surface area contributed by atoms with Gasteiger partial charge in [-0.2, -0.15) is 19.0 Å². The molecule has 1 aliphatic rings. The monoisotopic (exact) mass is 531 g/mol. The van der Waals surface area contributed by atoms with E-state index in [1.54, 1.807) is 19.3 Å². The standard InChI is InChI=1S/C23H23F2N7O4S/c1-30-9-6-15(12-30)37(34,35)14-4-5-19(36-23(24)25)16(10-14)20-18(13-31(2)29-20)28-22(33)17-11-27-32-8-3-7-26-21(17)32/h3-5,7-8,10-11,13,15,23H,6,9,12H2,1-2H3,(H,28,33). The zero-order valence-corrected chi connectivity index (χ0v) is 20.7. The van der Waals surface area contributed by atoms with E-state index in [1.165, 1.54) is 46.0 Å². The number of alkyl halides is 2. The number of hydrogen-bond acceptors (Lipinski definition) is 8. The third-order valence-corrected chi connectivity index (χ3v) is 8.31. The summed E-state index contributed by atoms with van der Waals surface area (Å²) >= 11 is 0. The summed E-state index contributed by atoms with van der Waals surface area (Å²) in [6.07, 6.45) is 6.44. The van der Waals surface area contributed by atoms with Crippen LogP contribution in [0.4, 0.5) is 14.5 Å². The summed E-state index contributed by atoms with van der Waals surface area (Å²) in [5, 5.41) is 10.5. The molecule has 5 rings (SSSR count). The van der Waals surface area contributed by atoms with Crippen molar-refractivity contribution in [2.45, 2.75) is 23.2 Å². The van der Waals surface area contributed by atoms with Gasteiger partial charge in [-0.15, -0.1) is 0 Å². The largest absolute Gasteiger partial charge is 0.434 e. The van der Waals surface area contributed by atoms with E-state index in [0.29, 0.717) is 25.2 Å². The molecule has 1 unspecified atom stereocenters. The average Bonchev–Trinajstić information content (AvgIpc) is 3.57. The first-order valence-electron chi connectivity index (χ1n) is 11.3. The molecule has 0 aliphatic carbocycles. The Morgan fingerprint density at radius 1 is 1.27 bits per heavy atom. The molecular formula is C23H23F2N7O4S. The summed E-state index contributed by atoms with van der Waals surface area (Å²) in [4.78, 5) is 19.1. The summed E-state index contributed by atoms with van der Waals surface area (Å²) < 4.78 is 60.6. The molecule has 1 saturated heterocycles. The minimum Gasteiger partial charge on any atom is -0.434 e. The van der Waals surface area contributed by atoms with Gasteiger partial charge in [-0.3, -0.25) is 9.48 Å². The summed E-state index contributed by atoms with van der Waals surface area (Å²) in [7, 11) is -0.344. The first-order valence-corrected chi connectivity index (χ1v) is 12.8. The van der Waals surface area contributed by atoms with E-state index in [1.807, 2.05) is 11.9 Å². The molecule has 37 heavy (non-hydrogen) atoms. The molecule has 14 heteroatoms. The first-order chi connectivity index (χ1) is 17.6. The number of fused-ring (bicyclic) bond motifs is 1. The van der Waals surface area contributed by atoms with Crippen LogP contribution in [-0.2, 0) is 16.9 Å². The average molecular weight is 532 g/mol. The van der Waals surface area contributed by atoms with Gasteiger partial charge in [0.25, 0.3) is 5.91 Å². The predicted octanol–water partition coefficient (Wildman–Crippen LogP) is 2.46. The van der Waals surface area contributed by atoms with Gasteiger partial charge in [-0.1, -0.05) is 0 Å². The quantitative estimate of drug-likeness (QED) is 0.386. The molecule has 11 nitrogen and oxygen atoms in total. The summed E-state index contributed by atoms with van der Waals surface area (Å²) in [5.41, 5.74) is 0.734. The molecule has 1 fully saturated rings. The Labute approximate surface area is 210 Å². The van der Waals surface area contributed by atoms with Crippen LogP contribution in [0.2, 0.25) is 0 Å². The number of benzene rings is 1. The molecule has 0 spiro atoms. The number of sulfone groups is 1. The minimum absolute atomic E-state index is 0.00150. The van der Waals surface area contributed by atoms with Crippen molar-refractivity contribution in [2.24, 2.45) is 7.05 Å². The normalized spacial score (nSPS) is 16.5. The molecule has 0 saturated carbocycles. The number of anilines is 1. The number of nitrogens with one attached hydrogen (secondary N) is 1. The fourth-order valence-corrected chi connectivity index (χ4v) is 6.16. The molecule has 1 aromatic carbocycles. The van der Waals surface area contributed by atoms with Crippen molar-refractivity contribution in [3.05, 3.63) is 54.6 Å². The van der Waals surface area contributed by atoms with Crippen LogP contribution in [-0.4, -0.2) is 75.6 Å². The maximum absolute atomic E-state index is 13.3. The third kappa shape index (κ3) is 4.76. The maximum Gasteiger partial charge on any atom is 0.387 e. The van der Waals surface area contributed by atoms with Crippen LogP contribution >= 0.6 is 0 Å². The van der Waals surface area contributed by atoms with Gasteiger partial charge in [0.2, 0.25) is 0 Å². The number of likely N-dealkylation sites (tertiary alicyclic amines) is 1. The van der Waals surface area contributed by atoms with Gasteiger partial charge in [0.05, 0.1) is 22.0 Å². The van der Waals surface area contributed by atoms with Crippen LogP contribution in [0.3, 0.4) is 0 Å². The van der Waals surface area contributed by atoms with E-state index in [4.69, 9.17) is 0 Å². The molecule has 1 atom stereocenters. The minimum atomic E-state index is -3.76. The Kier molecular flexibility index (Phi) is 6.37. The second-order valence-electron chi connectivity index (χ2n) is 8.72. The smallest absolute Gasteiger partial charge is 0.387 e. The van der Waals surface area contributed by atoms with Crippen molar-refractivity contribution in [2.75, 3.05) is 25.5 Å². The highest BCUT2D eigenvalue weighted by atomic mass is 32.2. The number of amides is 1. The number of carbonyl (C=O) groups is 1. The molecule has 4 aromatic rings. The molecule has 0 radical (unpaired) electrons. The molecule has 3 aromatic heterocycles. The van der Waals surface area contributed by atoms with Gasteiger partial charge in [0.1, 0.15) is 17.0 Å². The molecule has 4 heterocycles. The zero-order chi connectivity index (χ0) is 26.3. The van der Waals surface area contributed by atoms with Gasteiger partial charge in [-0.25, -0.2) is 17.9 Å². The summed E-state index contributed by atoms with van der Waals surface area (Å²) in [6.45, 7) is -2.15. The van der Waals surface area contributed by atoms with Crippen LogP contribution in [0.25, 0.3) is 16.9 Å². The summed E-state index contributed by atoms with van der Waals surface area (Å²) in [6, 6.07) is 5.36. The SMILES string of the molecule is CN1CCC(S(=O)(=O)c2ccc(OC(F)F)c(-c3nn(C)cc3NC(=O)c3cnn4cccnc34)c2)C1. The van der Waals surface area contributed by atoms with Gasteiger partial charge < -0.3 is 15.0 Å². The van der Waals surface area contributed by atoms with E-state index in [-0.39, 0.29) is 33.2 Å². The molecule has 1 aliphatic heterocycles. The number of hydrogen-bond donors (Lipinski definition) is 1. The van der Waals surface area contributed by atoms with Gasteiger partial charge in [0.15, 0.2) is 15.5 Å². The number of aryl methyl sites for hydroxylation is 1. The Bertz CT molecular complexity index is 1580. The second-order valence-corrected chi connectivity index (χ2v) is 10.9. The van der Waals surface area contributed by atoms with Crippen molar-refractivity contribution in [1.29, 1.82) is 0 Å². The van der Waals surface area contributed by atoms with E-state index in [2.05, 4.69) is 25.2 Å². The fourth-order valence-electron chi connectivity index (χ4n) is 4.37. The molecule has 194 valence electrons. The topological polar surface area (TPSA) is 124 Å². The Balaban J connectivity index is 1.56. The predicted molar refractivity (Wildman–Crippen MR) is 129 cm³/mol. The number of aromatic nitrogens is 5. The van der Waals surface area contributed by atoms with Crippen molar-refractivity contribution < 1.29 is 26.7 Å². The number of halogens is 2. The highest BCUT2D eigenvalue weighted by molar-refractivity contribution is 7.92. The third-order valence-electron chi connectivity index (χ3n) is 6.14. The van der Waals surface area contributed by atoms with Crippen molar-refractivity contribution in [1.82, 2.24) is 29.3 Å². The molecule has 1 N–H and O–H groups in total. The van der Waals surface area contributed by atoms with Crippen LogP contribution < -0.4 is 10.1 Å². The highest BCUT2D eigenvalue weighted by Gasteiger charge is 2.34. The van der Waals surface area contributed by atoms with Crippen LogP contribution in [0.15, 0.2) is 53.9 Å². The lowest BCUT2D eigenvalue weighted by Gasteiger charge is -2.16. The highest BCUT2D eigenvalue weighted by Crippen LogP contribution is 2.38. The lowest BCUT2D eigenvalue weighted by Crippen LogP contribution is -2.25. The van der Waals surface area contributed by atoms with Gasteiger partial charge >= 0.3 is 6.61 Å². The number of nitrogens with zero attached hydrogens (tertiary/aromatic N) is 6. The van der Waals surface area contributed by atoms with Gasteiger partial charge in [0, 0.05) is 37.7 Å². The fraction of sp³-hybridized carbons (Fsp3) is 0.304. The number of carbonyl (C=O) groups excluding carboxylic acids is 1. The van der Waals surface area contributed by atoms with Crippen LogP contribution in [0, 0.1) is 0 Å². The van der Waals surface area contributed by atoms with E-state index < -0.39 is 27.6 Å². The lowest BCUT2D eigenvalue weighted by atomic mass is 10.1. The molecular weight excluding hydrogens is 508 g/mol. The maximum atomic E-state index is 13.3. The lowest BCUT2D eigenvalue weighted by molar-refractivity contribution is -0.0494. The Hall–Kier alpha value is -3.91. The van der Waals surface area contributed by atoms with Crippen LogP contribution in [0.5, 0.6) is 5.75 Å². The van der Waals surface area contributed by atoms with Gasteiger partial charge in [-0.05, 0) is 44.3 Å².